The quantitative estimate of drug-likeness (QED) is 0.689. The second-order valence-electron chi connectivity index (χ2n) is 1.34. The third kappa shape index (κ3) is 1.74. The minimum atomic E-state index is -0.394. The maximum absolute atomic E-state index is 3.97. The summed E-state index contributed by atoms with van der Waals surface area (Å²) >= 11 is 3.09. The van der Waals surface area contributed by atoms with E-state index in [-0.39, 0.29) is 0 Å². The second kappa shape index (κ2) is 3.45. The molecular formula is C5H4BrNSn. The Kier molecular flexibility index (Phi) is 2.83. The first kappa shape index (κ1) is 6.55. The van der Waals surface area contributed by atoms with Crippen LogP contribution < -0.4 is 3.58 Å². The van der Waals surface area contributed by atoms with Crippen LogP contribution in [0.5, 0.6) is 0 Å². The molecule has 0 atom stereocenters. The SMILES string of the molecule is [Br][Sn][c]1cccnc1. The molecule has 1 heterocycles. The molecule has 0 unspecified atom stereocenters. The number of rotatable bonds is 1. The Labute approximate surface area is 64.5 Å². The van der Waals surface area contributed by atoms with E-state index in [1.807, 2.05) is 12.3 Å². The third-order valence-electron chi connectivity index (χ3n) is 0.771. The van der Waals surface area contributed by atoms with Gasteiger partial charge in [0.15, 0.2) is 0 Å². The van der Waals surface area contributed by atoms with Gasteiger partial charge in [0.2, 0.25) is 0 Å². The van der Waals surface area contributed by atoms with Crippen molar-refractivity contribution in [2.45, 2.75) is 0 Å². The summed E-state index contributed by atoms with van der Waals surface area (Å²) in [4.78, 5) is 3.97. The summed E-state index contributed by atoms with van der Waals surface area (Å²) in [6, 6.07) is 4.07. The number of nitrogens with zero attached hydrogens (tertiary/aromatic N) is 1. The molecule has 1 rings (SSSR count). The van der Waals surface area contributed by atoms with Gasteiger partial charge in [0.1, 0.15) is 0 Å². The van der Waals surface area contributed by atoms with Gasteiger partial charge in [0, 0.05) is 0 Å². The molecule has 8 heavy (non-hydrogen) atoms. The Morgan fingerprint density at radius 3 is 2.88 bits per heavy atom. The first-order chi connectivity index (χ1) is 3.93. The fourth-order valence-electron chi connectivity index (χ4n) is 0.419. The van der Waals surface area contributed by atoms with E-state index in [2.05, 4.69) is 23.8 Å². The molecule has 2 radical (unpaired) electrons. The van der Waals surface area contributed by atoms with Gasteiger partial charge in [-0.05, 0) is 0 Å². The Hall–Kier alpha value is 0.429. The zero-order valence-corrected chi connectivity index (χ0v) is 8.57. The van der Waals surface area contributed by atoms with Crippen LogP contribution in [-0.4, -0.2) is 23.9 Å². The molecule has 0 spiro atoms. The van der Waals surface area contributed by atoms with Crippen LogP contribution in [0.15, 0.2) is 24.5 Å². The molecule has 3 heteroatoms. The molecule has 0 aliphatic rings. The first-order valence-electron chi connectivity index (χ1n) is 2.20. The van der Waals surface area contributed by atoms with E-state index in [0.29, 0.717) is 0 Å². The van der Waals surface area contributed by atoms with Gasteiger partial charge in [-0.2, -0.15) is 0 Å². The van der Waals surface area contributed by atoms with Crippen LogP contribution in [-0.2, 0) is 0 Å². The molecule has 0 aliphatic heterocycles. The van der Waals surface area contributed by atoms with Crippen molar-refractivity contribution in [3.8, 4) is 0 Å². The average molecular weight is 277 g/mol. The van der Waals surface area contributed by atoms with Crippen LogP contribution in [0, 0.1) is 0 Å². The number of hydrogen-bond donors (Lipinski definition) is 0. The van der Waals surface area contributed by atoms with Crippen molar-refractivity contribution in [3.63, 3.8) is 0 Å². The van der Waals surface area contributed by atoms with Gasteiger partial charge in [0.05, 0.1) is 0 Å². The van der Waals surface area contributed by atoms with E-state index in [9.17, 15) is 0 Å². The van der Waals surface area contributed by atoms with E-state index >= 15 is 0 Å². The first-order valence-corrected chi connectivity index (χ1v) is 10.0. The van der Waals surface area contributed by atoms with E-state index in [1.54, 1.807) is 6.20 Å². The molecule has 0 aliphatic carbocycles. The molecule has 0 amide bonds. The Bertz CT molecular complexity index is 154. The summed E-state index contributed by atoms with van der Waals surface area (Å²) in [5, 5.41) is 0. The van der Waals surface area contributed by atoms with Crippen LogP contribution in [0.4, 0.5) is 0 Å². The van der Waals surface area contributed by atoms with Crippen LogP contribution in [0.3, 0.4) is 0 Å². The molecule has 0 saturated carbocycles. The summed E-state index contributed by atoms with van der Waals surface area (Å²) < 4.78 is 1.39. The average Bonchev–Trinajstić information content (AvgIpc) is 1.90. The van der Waals surface area contributed by atoms with Gasteiger partial charge in [-0.25, -0.2) is 0 Å². The summed E-state index contributed by atoms with van der Waals surface area (Å²) in [6.07, 6.45) is 3.71. The molecule has 0 saturated heterocycles. The van der Waals surface area contributed by atoms with Crippen molar-refractivity contribution in [1.29, 1.82) is 0 Å². The molecule has 0 N–H and O–H groups in total. The molecule has 0 bridgehead atoms. The van der Waals surface area contributed by atoms with Crippen molar-refractivity contribution in [1.82, 2.24) is 4.98 Å². The van der Waals surface area contributed by atoms with Crippen LogP contribution in [0.1, 0.15) is 0 Å². The number of pyridine rings is 1. The van der Waals surface area contributed by atoms with Gasteiger partial charge in [-0.1, -0.05) is 0 Å². The second-order valence-corrected chi connectivity index (χ2v) is 6.18. The van der Waals surface area contributed by atoms with Crippen LogP contribution in [0.25, 0.3) is 0 Å². The van der Waals surface area contributed by atoms with E-state index in [4.69, 9.17) is 0 Å². The van der Waals surface area contributed by atoms with E-state index in [1.165, 1.54) is 3.58 Å². The van der Waals surface area contributed by atoms with Gasteiger partial charge in [0.25, 0.3) is 0 Å². The molecule has 1 aromatic heterocycles. The van der Waals surface area contributed by atoms with Crippen LogP contribution >= 0.6 is 12.7 Å². The number of hydrogen-bond acceptors (Lipinski definition) is 1. The summed E-state index contributed by atoms with van der Waals surface area (Å²) in [7, 11) is 0. The Morgan fingerprint density at radius 2 is 2.50 bits per heavy atom. The third-order valence-corrected chi connectivity index (χ3v) is 5.31. The van der Waals surface area contributed by atoms with Crippen molar-refractivity contribution < 1.29 is 0 Å². The van der Waals surface area contributed by atoms with Crippen molar-refractivity contribution in [2.75, 3.05) is 0 Å². The Morgan fingerprint density at radius 1 is 1.62 bits per heavy atom. The fraction of sp³-hybridized carbons (Fsp3) is 0. The summed E-state index contributed by atoms with van der Waals surface area (Å²) in [5.74, 6) is 0. The van der Waals surface area contributed by atoms with Gasteiger partial charge < -0.3 is 0 Å². The molecule has 1 nitrogen and oxygen atoms in total. The monoisotopic (exact) mass is 277 g/mol. The zero-order chi connectivity index (χ0) is 5.82. The standard InChI is InChI=1S/C5H4N.BrH.Sn/c1-2-4-6-5-3-1;;/h1-2,4-5H;1H;/q;;+1/p-1. The zero-order valence-electron chi connectivity index (χ0n) is 4.13. The molecule has 40 valence electrons. The summed E-state index contributed by atoms with van der Waals surface area (Å²) in [6.45, 7) is 0. The van der Waals surface area contributed by atoms with Gasteiger partial charge in [-0.15, -0.1) is 0 Å². The van der Waals surface area contributed by atoms with Crippen molar-refractivity contribution in [2.24, 2.45) is 0 Å². The molecular weight excluding hydrogens is 273 g/mol. The predicted molar refractivity (Wildman–Crippen MR) is 38.6 cm³/mol. The van der Waals surface area contributed by atoms with E-state index < -0.39 is 18.9 Å². The summed E-state index contributed by atoms with van der Waals surface area (Å²) in [5.41, 5.74) is 0. The number of halogens is 1. The normalized spacial score (nSPS) is 9.12. The Balaban J connectivity index is 2.83. The number of aromatic nitrogens is 1. The van der Waals surface area contributed by atoms with Gasteiger partial charge in [-0.3, -0.25) is 0 Å². The fourth-order valence-corrected chi connectivity index (χ4v) is 2.80. The van der Waals surface area contributed by atoms with E-state index in [0.717, 1.165) is 0 Å². The molecule has 0 aromatic carbocycles. The maximum atomic E-state index is 3.97. The minimum absolute atomic E-state index is 0.394. The molecule has 1 aromatic rings. The van der Waals surface area contributed by atoms with Crippen molar-refractivity contribution in [3.05, 3.63) is 24.5 Å². The molecule has 0 fully saturated rings. The topological polar surface area (TPSA) is 12.9 Å². The van der Waals surface area contributed by atoms with Crippen molar-refractivity contribution >= 4 is 35.2 Å². The van der Waals surface area contributed by atoms with Gasteiger partial charge >= 0.3 is 64.7 Å². The van der Waals surface area contributed by atoms with Crippen LogP contribution in [0.2, 0.25) is 0 Å². The predicted octanol–water partition coefficient (Wildman–Crippen LogP) is 0.721.